The molecule has 1 N–H and O–H groups in total. The molecule has 0 radical (unpaired) electrons. The number of benzene rings is 1. The molecule has 0 bridgehead atoms. The molecule has 0 aliphatic carbocycles. The highest BCUT2D eigenvalue weighted by Crippen LogP contribution is 2.20. The van der Waals surface area contributed by atoms with Gasteiger partial charge in [0.25, 0.3) is 0 Å². The van der Waals surface area contributed by atoms with Crippen LogP contribution in [0.2, 0.25) is 0 Å². The van der Waals surface area contributed by atoms with Gasteiger partial charge in [-0.2, -0.15) is 0 Å². The van der Waals surface area contributed by atoms with Gasteiger partial charge in [0.05, 0.1) is 24.3 Å². The van der Waals surface area contributed by atoms with E-state index in [4.69, 9.17) is 14.6 Å². The molecule has 0 saturated carbocycles. The second-order valence-corrected chi connectivity index (χ2v) is 3.97. The van der Waals surface area contributed by atoms with Gasteiger partial charge >= 0.3 is 0 Å². The minimum Gasteiger partial charge on any atom is -0.493 e. The third-order valence-corrected chi connectivity index (χ3v) is 2.47. The van der Waals surface area contributed by atoms with Crippen LogP contribution >= 0.6 is 15.9 Å². The zero-order valence-electron chi connectivity index (χ0n) is 8.79. The summed E-state index contributed by atoms with van der Waals surface area (Å²) < 4.78 is 23.9. The molecule has 3 nitrogen and oxygen atoms in total. The van der Waals surface area contributed by atoms with E-state index < -0.39 is 0 Å². The van der Waals surface area contributed by atoms with Gasteiger partial charge in [-0.25, -0.2) is 4.39 Å². The molecule has 5 heteroatoms. The Morgan fingerprint density at radius 2 is 2.06 bits per heavy atom. The Labute approximate surface area is 102 Å². The lowest BCUT2D eigenvalue weighted by Gasteiger charge is -2.06. The van der Waals surface area contributed by atoms with Crippen LogP contribution in [-0.2, 0) is 4.74 Å². The maximum atomic E-state index is 13.1. The molecule has 0 amide bonds. The SMILES string of the molecule is OCCOCCCOc1ccc(Br)c(F)c1. The molecule has 0 aromatic heterocycles. The van der Waals surface area contributed by atoms with Crippen molar-refractivity contribution in [3.05, 3.63) is 28.5 Å². The third-order valence-electron chi connectivity index (χ3n) is 1.83. The van der Waals surface area contributed by atoms with Crippen molar-refractivity contribution in [2.24, 2.45) is 0 Å². The molecule has 1 aromatic carbocycles. The van der Waals surface area contributed by atoms with E-state index in [1.54, 1.807) is 12.1 Å². The van der Waals surface area contributed by atoms with Crippen molar-refractivity contribution in [2.45, 2.75) is 6.42 Å². The van der Waals surface area contributed by atoms with Gasteiger partial charge in [0.15, 0.2) is 0 Å². The number of aliphatic hydroxyl groups excluding tert-OH is 1. The van der Waals surface area contributed by atoms with Gasteiger partial charge in [0, 0.05) is 19.1 Å². The molecule has 0 atom stereocenters. The van der Waals surface area contributed by atoms with Gasteiger partial charge in [-0.05, 0) is 28.1 Å². The van der Waals surface area contributed by atoms with Crippen molar-refractivity contribution < 1.29 is 19.0 Å². The molecule has 0 aliphatic rings. The monoisotopic (exact) mass is 292 g/mol. The Kier molecular flexibility index (Phi) is 6.37. The van der Waals surface area contributed by atoms with Crippen molar-refractivity contribution in [3.63, 3.8) is 0 Å². The number of halogens is 2. The molecule has 0 unspecified atom stereocenters. The molecule has 1 rings (SSSR count). The summed E-state index contributed by atoms with van der Waals surface area (Å²) in [7, 11) is 0. The summed E-state index contributed by atoms with van der Waals surface area (Å²) in [4.78, 5) is 0. The first-order valence-corrected chi connectivity index (χ1v) is 5.80. The number of hydrogen-bond donors (Lipinski definition) is 1. The van der Waals surface area contributed by atoms with Gasteiger partial charge in [0.2, 0.25) is 0 Å². The lowest BCUT2D eigenvalue weighted by atomic mass is 10.3. The standard InChI is InChI=1S/C11H14BrFO3/c12-10-3-2-9(8-11(10)13)16-6-1-5-15-7-4-14/h2-3,8,14H,1,4-7H2. The predicted octanol–water partition coefficient (Wildman–Crippen LogP) is 2.37. The normalized spacial score (nSPS) is 10.4. The van der Waals surface area contributed by atoms with Crippen LogP contribution in [0.5, 0.6) is 5.75 Å². The molecule has 0 heterocycles. The fraction of sp³-hybridized carbons (Fsp3) is 0.455. The van der Waals surface area contributed by atoms with E-state index in [0.29, 0.717) is 36.5 Å². The minimum absolute atomic E-state index is 0.0266. The number of rotatable bonds is 7. The van der Waals surface area contributed by atoms with Crippen molar-refractivity contribution in [3.8, 4) is 5.75 Å². The quantitative estimate of drug-likeness (QED) is 0.784. The topological polar surface area (TPSA) is 38.7 Å². The summed E-state index contributed by atoms with van der Waals surface area (Å²) in [6, 6.07) is 4.63. The smallest absolute Gasteiger partial charge is 0.141 e. The van der Waals surface area contributed by atoms with Crippen molar-refractivity contribution in [1.82, 2.24) is 0 Å². The first-order valence-electron chi connectivity index (χ1n) is 5.00. The van der Waals surface area contributed by atoms with Crippen molar-refractivity contribution >= 4 is 15.9 Å². The van der Waals surface area contributed by atoms with Gasteiger partial charge in [-0.15, -0.1) is 0 Å². The molecular weight excluding hydrogens is 279 g/mol. The second-order valence-electron chi connectivity index (χ2n) is 3.11. The third kappa shape index (κ3) is 4.92. The summed E-state index contributed by atoms with van der Waals surface area (Å²) in [5.74, 6) is 0.164. The van der Waals surface area contributed by atoms with Crippen LogP contribution in [0.15, 0.2) is 22.7 Å². The van der Waals surface area contributed by atoms with E-state index in [1.165, 1.54) is 6.07 Å². The zero-order valence-corrected chi connectivity index (χ0v) is 10.4. The first-order chi connectivity index (χ1) is 7.74. The van der Waals surface area contributed by atoms with Crippen molar-refractivity contribution in [2.75, 3.05) is 26.4 Å². The lowest BCUT2D eigenvalue weighted by molar-refractivity contribution is 0.0835. The highest BCUT2D eigenvalue weighted by atomic mass is 79.9. The Morgan fingerprint density at radius 3 is 2.75 bits per heavy atom. The van der Waals surface area contributed by atoms with Gasteiger partial charge in [0.1, 0.15) is 11.6 Å². The van der Waals surface area contributed by atoms with E-state index in [2.05, 4.69) is 15.9 Å². The Morgan fingerprint density at radius 1 is 1.25 bits per heavy atom. The fourth-order valence-electron chi connectivity index (χ4n) is 1.08. The van der Waals surface area contributed by atoms with E-state index in [-0.39, 0.29) is 12.4 Å². The van der Waals surface area contributed by atoms with Crippen LogP contribution in [0.4, 0.5) is 4.39 Å². The summed E-state index contributed by atoms with van der Waals surface area (Å²) in [5.41, 5.74) is 0. The first kappa shape index (κ1) is 13.4. The number of hydrogen-bond acceptors (Lipinski definition) is 3. The maximum absolute atomic E-state index is 13.1. The average molecular weight is 293 g/mol. The molecule has 1 aromatic rings. The maximum Gasteiger partial charge on any atom is 0.141 e. The van der Waals surface area contributed by atoms with Crippen LogP contribution in [0.25, 0.3) is 0 Å². The van der Waals surface area contributed by atoms with E-state index in [9.17, 15) is 4.39 Å². The van der Waals surface area contributed by atoms with Crippen molar-refractivity contribution in [1.29, 1.82) is 0 Å². The molecule has 0 saturated heterocycles. The Bertz CT molecular complexity index is 320. The van der Waals surface area contributed by atoms with Gasteiger partial charge in [-0.3, -0.25) is 0 Å². The minimum atomic E-state index is -0.339. The van der Waals surface area contributed by atoms with E-state index in [1.807, 2.05) is 0 Å². The Hall–Kier alpha value is -0.650. The highest BCUT2D eigenvalue weighted by molar-refractivity contribution is 9.10. The van der Waals surface area contributed by atoms with Crippen LogP contribution in [0.3, 0.4) is 0 Å². The largest absolute Gasteiger partial charge is 0.493 e. The van der Waals surface area contributed by atoms with Gasteiger partial charge in [-0.1, -0.05) is 0 Å². The Balaban J connectivity index is 2.19. The van der Waals surface area contributed by atoms with Crippen LogP contribution in [0.1, 0.15) is 6.42 Å². The summed E-state index contributed by atoms with van der Waals surface area (Å²) >= 11 is 3.07. The van der Waals surface area contributed by atoms with Gasteiger partial charge < -0.3 is 14.6 Å². The highest BCUT2D eigenvalue weighted by Gasteiger charge is 2.00. The number of aliphatic hydroxyl groups is 1. The average Bonchev–Trinajstić information content (AvgIpc) is 2.28. The second kappa shape index (κ2) is 7.60. The fourth-order valence-corrected chi connectivity index (χ4v) is 1.33. The summed E-state index contributed by atoms with van der Waals surface area (Å²) in [5, 5.41) is 8.45. The van der Waals surface area contributed by atoms with Crippen LogP contribution < -0.4 is 4.74 Å². The van der Waals surface area contributed by atoms with Crippen LogP contribution in [-0.4, -0.2) is 31.5 Å². The predicted molar refractivity (Wildman–Crippen MR) is 62.1 cm³/mol. The molecule has 90 valence electrons. The summed E-state index contributed by atoms with van der Waals surface area (Å²) in [6.45, 7) is 1.36. The zero-order chi connectivity index (χ0) is 11.8. The van der Waals surface area contributed by atoms with E-state index in [0.717, 1.165) is 0 Å². The number of ether oxygens (including phenoxy) is 2. The molecule has 0 fully saturated rings. The molecule has 0 spiro atoms. The molecular formula is C11H14BrFO3. The molecule has 0 aliphatic heterocycles. The van der Waals surface area contributed by atoms with E-state index >= 15 is 0 Å². The molecule has 16 heavy (non-hydrogen) atoms. The summed E-state index contributed by atoms with van der Waals surface area (Å²) in [6.07, 6.45) is 0.706. The lowest BCUT2D eigenvalue weighted by Crippen LogP contribution is -2.05. The van der Waals surface area contributed by atoms with Crippen LogP contribution in [0, 0.1) is 5.82 Å².